The van der Waals surface area contributed by atoms with Gasteiger partial charge < -0.3 is 19.2 Å². The molecule has 4 rings (SSSR count). The molecule has 1 aromatic carbocycles. The van der Waals surface area contributed by atoms with E-state index in [0.717, 1.165) is 0 Å². The zero-order valence-electron chi connectivity index (χ0n) is 16.9. The van der Waals surface area contributed by atoms with Crippen molar-refractivity contribution >= 4 is 26.9 Å². The number of carbonyl (C=O) groups excluding carboxylic acids is 1. The summed E-state index contributed by atoms with van der Waals surface area (Å²) in [6, 6.07) is 4.69. The highest BCUT2D eigenvalue weighted by Gasteiger charge is 2.42. The van der Waals surface area contributed by atoms with E-state index in [-0.39, 0.29) is 22.6 Å². The van der Waals surface area contributed by atoms with E-state index in [2.05, 4.69) is 5.32 Å². The van der Waals surface area contributed by atoms with Crippen LogP contribution in [0.2, 0.25) is 0 Å². The van der Waals surface area contributed by atoms with Crippen LogP contribution in [0.4, 0.5) is 0 Å². The van der Waals surface area contributed by atoms with Gasteiger partial charge in [0.25, 0.3) is 5.91 Å². The van der Waals surface area contributed by atoms with Gasteiger partial charge in [-0.1, -0.05) is 0 Å². The molecule has 0 saturated carbocycles. The summed E-state index contributed by atoms with van der Waals surface area (Å²) in [5, 5.41) is 3.42. The smallest absolute Gasteiger partial charge is 0.287 e. The Bertz CT molecular complexity index is 1030. The Balaban J connectivity index is 1.60. The van der Waals surface area contributed by atoms with Crippen molar-refractivity contribution in [3.63, 3.8) is 0 Å². The Hall–Kier alpha value is -1.94. The predicted octanol–water partition coefficient (Wildman–Crippen LogP) is 2.41. The Labute approximate surface area is 170 Å². The Kier molecular flexibility index (Phi) is 5.18. The molecule has 29 heavy (non-hydrogen) atoms. The number of hydrogen-bond acceptors (Lipinski definition) is 6. The van der Waals surface area contributed by atoms with Crippen molar-refractivity contribution in [1.82, 2.24) is 9.62 Å². The van der Waals surface area contributed by atoms with Gasteiger partial charge in [-0.2, -0.15) is 4.31 Å². The standard InChI is InChI=1S/C20H26N2O6S/c1-13(2)21-19(23)18-14(3)16-12-15(4-5-17(16)28-18)29(24,25)22-8-6-20(7-9-22)26-10-11-27-20/h4-5,12-13H,6-11H2,1-3H3,(H,21,23). The lowest BCUT2D eigenvalue weighted by atomic mass is 10.1. The molecule has 1 N–H and O–H groups in total. The predicted molar refractivity (Wildman–Crippen MR) is 106 cm³/mol. The number of nitrogens with one attached hydrogen (secondary N) is 1. The molecule has 2 aromatic rings. The summed E-state index contributed by atoms with van der Waals surface area (Å²) in [4.78, 5) is 12.5. The molecule has 9 heteroatoms. The highest BCUT2D eigenvalue weighted by molar-refractivity contribution is 7.89. The maximum absolute atomic E-state index is 13.2. The number of fused-ring (bicyclic) bond motifs is 1. The monoisotopic (exact) mass is 422 g/mol. The molecule has 1 amide bonds. The third kappa shape index (κ3) is 3.68. The minimum atomic E-state index is -3.67. The third-order valence-corrected chi connectivity index (χ3v) is 7.36. The van der Waals surface area contributed by atoms with Crippen LogP contribution in [0.15, 0.2) is 27.5 Å². The average molecular weight is 423 g/mol. The van der Waals surface area contributed by atoms with Crippen LogP contribution in [0.3, 0.4) is 0 Å². The van der Waals surface area contributed by atoms with Crippen molar-refractivity contribution in [1.29, 1.82) is 0 Å². The van der Waals surface area contributed by atoms with Crippen molar-refractivity contribution in [3.8, 4) is 0 Å². The topological polar surface area (TPSA) is 98.1 Å². The van der Waals surface area contributed by atoms with E-state index in [0.29, 0.717) is 55.7 Å². The number of nitrogens with zero attached hydrogens (tertiary/aromatic N) is 1. The highest BCUT2D eigenvalue weighted by Crippen LogP contribution is 2.34. The molecule has 0 unspecified atom stereocenters. The molecule has 2 saturated heterocycles. The van der Waals surface area contributed by atoms with Gasteiger partial charge in [0.1, 0.15) is 5.58 Å². The minimum absolute atomic E-state index is 0.0266. The van der Waals surface area contributed by atoms with Crippen molar-refractivity contribution in [2.24, 2.45) is 0 Å². The molecule has 3 heterocycles. The number of aryl methyl sites for hydroxylation is 1. The lowest BCUT2D eigenvalue weighted by Crippen LogP contribution is -2.47. The van der Waals surface area contributed by atoms with E-state index in [1.165, 1.54) is 10.4 Å². The van der Waals surface area contributed by atoms with Crippen LogP contribution in [0.5, 0.6) is 0 Å². The third-order valence-electron chi connectivity index (χ3n) is 5.47. The molecule has 8 nitrogen and oxygen atoms in total. The summed E-state index contributed by atoms with van der Waals surface area (Å²) in [5.74, 6) is -0.731. The molecule has 2 aliphatic rings. The van der Waals surface area contributed by atoms with Gasteiger partial charge in [0.05, 0.1) is 18.1 Å². The largest absolute Gasteiger partial charge is 0.451 e. The van der Waals surface area contributed by atoms with Gasteiger partial charge >= 0.3 is 0 Å². The molecule has 1 aromatic heterocycles. The van der Waals surface area contributed by atoms with Gasteiger partial charge in [0.2, 0.25) is 10.0 Å². The van der Waals surface area contributed by atoms with E-state index in [4.69, 9.17) is 13.9 Å². The first-order valence-corrected chi connectivity index (χ1v) is 11.3. The number of furan rings is 1. The van der Waals surface area contributed by atoms with Crippen LogP contribution in [-0.2, 0) is 19.5 Å². The first-order chi connectivity index (χ1) is 13.7. The second-order valence-corrected chi connectivity index (χ2v) is 9.79. The van der Waals surface area contributed by atoms with Crippen molar-refractivity contribution in [2.75, 3.05) is 26.3 Å². The van der Waals surface area contributed by atoms with Crippen molar-refractivity contribution in [3.05, 3.63) is 29.5 Å². The molecule has 2 fully saturated rings. The second-order valence-electron chi connectivity index (χ2n) is 7.85. The molecule has 158 valence electrons. The maximum Gasteiger partial charge on any atom is 0.287 e. The quantitative estimate of drug-likeness (QED) is 0.813. The van der Waals surface area contributed by atoms with Crippen molar-refractivity contribution in [2.45, 2.75) is 50.3 Å². The molecular formula is C20H26N2O6S. The fourth-order valence-corrected chi connectivity index (χ4v) is 5.38. The fraction of sp³-hybridized carbons (Fsp3) is 0.550. The molecule has 0 radical (unpaired) electrons. The van der Waals surface area contributed by atoms with Crippen molar-refractivity contribution < 1.29 is 27.1 Å². The number of amides is 1. The fourth-order valence-electron chi connectivity index (χ4n) is 3.91. The molecular weight excluding hydrogens is 396 g/mol. The molecule has 0 atom stereocenters. The van der Waals surface area contributed by atoms with Crippen LogP contribution in [0, 0.1) is 6.92 Å². The number of hydrogen-bond donors (Lipinski definition) is 1. The lowest BCUT2D eigenvalue weighted by Gasteiger charge is -2.36. The SMILES string of the molecule is Cc1c(C(=O)NC(C)C)oc2ccc(S(=O)(=O)N3CCC4(CC3)OCCO4)cc12. The number of rotatable bonds is 4. The average Bonchev–Trinajstić information content (AvgIpc) is 3.26. The van der Waals surface area contributed by atoms with Gasteiger partial charge in [-0.25, -0.2) is 8.42 Å². The summed E-state index contributed by atoms with van der Waals surface area (Å²) in [6.45, 7) is 7.28. The minimum Gasteiger partial charge on any atom is -0.451 e. The normalized spacial score (nSPS) is 20.0. The zero-order chi connectivity index (χ0) is 20.8. The van der Waals surface area contributed by atoms with Gasteiger partial charge in [0, 0.05) is 42.9 Å². The van der Waals surface area contributed by atoms with Gasteiger partial charge in [-0.05, 0) is 39.0 Å². The highest BCUT2D eigenvalue weighted by atomic mass is 32.2. The summed E-state index contributed by atoms with van der Waals surface area (Å²) < 4.78 is 44.8. The molecule has 0 bridgehead atoms. The van der Waals surface area contributed by atoms with Crippen LogP contribution >= 0.6 is 0 Å². The summed E-state index contributed by atoms with van der Waals surface area (Å²) in [5.41, 5.74) is 1.11. The number of sulfonamides is 1. The zero-order valence-corrected chi connectivity index (χ0v) is 17.7. The van der Waals surface area contributed by atoms with Crippen LogP contribution in [0.1, 0.15) is 42.8 Å². The first-order valence-electron chi connectivity index (χ1n) is 9.84. The van der Waals surface area contributed by atoms with Gasteiger partial charge in [-0.15, -0.1) is 0 Å². The van der Waals surface area contributed by atoms with Crippen LogP contribution < -0.4 is 5.32 Å². The number of carbonyl (C=O) groups is 1. The van der Waals surface area contributed by atoms with E-state index >= 15 is 0 Å². The Morgan fingerprint density at radius 2 is 1.83 bits per heavy atom. The molecule has 0 aliphatic carbocycles. The van der Waals surface area contributed by atoms with Crippen LogP contribution in [0.25, 0.3) is 11.0 Å². The summed E-state index contributed by atoms with van der Waals surface area (Å²) in [7, 11) is -3.67. The van der Waals surface area contributed by atoms with E-state index in [1.54, 1.807) is 19.1 Å². The number of benzene rings is 1. The molecule has 1 spiro atoms. The van der Waals surface area contributed by atoms with E-state index in [1.807, 2.05) is 13.8 Å². The lowest BCUT2D eigenvalue weighted by molar-refractivity contribution is -0.179. The Morgan fingerprint density at radius 1 is 1.17 bits per heavy atom. The first kappa shape index (κ1) is 20.3. The number of ether oxygens (including phenoxy) is 2. The second kappa shape index (κ2) is 7.39. The van der Waals surface area contributed by atoms with Gasteiger partial charge in [0.15, 0.2) is 11.5 Å². The summed E-state index contributed by atoms with van der Waals surface area (Å²) >= 11 is 0. The van der Waals surface area contributed by atoms with E-state index < -0.39 is 15.8 Å². The van der Waals surface area contributed by atoms with E-state index in [9.17, 15) is 13.2 Å². The molecule has 2 aliphatic heterocycles. The number of piperidine rings is 1. The van der Waals surface area contributed by atoms with Gasteiger partial charge in [-0.3, -0.25) is 4.79 Å². The Morgan fingerprint density at radius 3 is 2.45 bits per heavy atom. The summed E-state index contributed by atoms with van der Waals surface area (Å²) in [6.07, 6.45) is 1.03. The van der Waals surface area contributed by atoms with Crippen LogP contribution in [-0.4, -0.2) is 56.8 Å². The maximum atomic E-state index is 13.2.